The lowest BCUT2D eigenvalue weighted by atomic mass is 10.2. The van der Waals surface area contributed by atoms with Crippen LogP contribution < -0.4 is 5.73 Å². The number of rotatable bonds is 2. The second kappa shape index (κ2) is 5.26. The normalized spacial score (nSPS) is 26.5. The average Bonchev–Trinajstić information content (AvgIpc) is 2.90. The van der Waals surface area contributed by atoms with Gasteiger partial charge in [0.2, 0.25) is 0 Å². The number of anilines is 1. The van der Waals surface area contributed by atoms with Crippen molar-refractivity contribution in [2.75, 3.05) is 12.3 Å². The molecule has 3 rings (SSSR count). The second-order valence-corrected chi connectivity index (χ2v) is 5.95. The molecule has 9 heteroatoms. The summed E-state index contributed by atoms with van der Waals surface area (Å²) in [5.41, 5.74) is 6.39. The van der Waals surface area contributed by atoms with Crippen LogP contribution in [0.1, 0.15) is 12.6 Å². The number of hydrogen-bond acceptors (Lipinski definition) is 6. The molecule has 1 fully saturated rings. The maximum atomic E-state index is 9.85. The van der Waals surface area contributed by atoms with Crippen molar-refractivity contribution in [3.05, 3.63) is 15.1 Å². The van der Waals surface area contributed by atoms with Crippen LogP contribution in [0.5, 0.6) is 0 Å². The number of aliphatic hydroxyl groups excluding tert-OH is 2. The zero-order valence-electron chi connectivity index (χ0n) is 10.2. The van der Waals surface area contributed by atoms with E-state index >= 15 is 0 Å². The predicted octanol–water partition coefficient (Wildman–Crippen LogP) is 0.912. The number of fused-ring (bicyclic) bond motifs is 1. The zero-order chi connectivity index (χ0) is 14.4. The number of aliphatic hydroxyl groups is 2. The number of nitrogens with two attached hydrogens (primary N) is 1. The molecule has 0 amide bonds. The minimum absolute atomic E-state index is 0.238. The molecule has 3 atom stereocenters. The number of nitrogen functional groups attached to an aromatic ring is 1. The molecule has 0 aliphatic carbocycles. The van der Waals surface area contributed by atoms with Gasteiger partial charge in [-0.1, -0.05) is 11.6 Å². The van der Waals surface area contributed by atoms with E-state index in [4.69, 9.17) is 27.2 Å². The van der Waals surface area contributed by atoms with Gasteiger partial charge in [-0.25, -0.2) is 9.97 Å². The van der Waals surface area contributed by atoms with Crippen molar-refractivity contribution >= 4 is 51.0 Å². The summed E-state index contributed by atoms with van der Waals surface area (Å²) in [5, 5.41) is 20.1. The monoisotopic (exact) mass is 410 g/mol. The number of nitrogens with zero attached hydrogens (tertiary/aromatic N) is 3. The first-order valence-electron chi connectivity index (χ1n) is 5.94. The third-order valence-corrected chi connectivity index (χ3v) is 5.11. The van der Waals surface area contributed by atoms with Crippen LogP contribution in [0.2, 0.25) is 5.02 Å². The molecule has 1 aliphatic rings. The van der Waals surface area contributed by atoms with Crippen LogP contribution in [0, 0.1) is 3.70 Å². The molecule has 7 nitrogen and oxygen atoms in total. The Kier molecular flexibility index (Phi) is 3.75. The van der Waals surface area contributed by atoms with Crippen LogP contribution in [0.4, 0.5) is 5.82 Å². The Morgan fingerprint density at radius 2 is 2.30 bits per heavy atom. The van der Waals surface area contributed by atoms with Gasteiger partial charge >= 0.3 is 0 Å². The van der Waals surface area contributed by atoms with Gasteiger partial charge in [-0.2, -0.15) is 0 Å². The Bertz CT molecular complexity index is 665. The van der Waals surface area contributed by atoms with Crippen molar-refractivity contribution < 1.29 is 14.9 Å². The van der Waals surface area contributed by atoms with Gasteiger partial charge < -0.3 is 20.7 Å². The molecule has 108 valence electrons. The van der Waals surface area contributed by atoms with E-state index < -0.39 is 18.4 Å². The molecule has 0 saturated carbocycles. The summed E-state index contributed by atoms with van der Waals surface area (Å²) in [6.07, 6.45) is -0.0680. The standard InChI is InChI=1S/C11H12ClIN4O3/c12-8-7-10(14)15-3-16-11(7)17(9(8)13)6-1-4(19)5(2-18)20-6/h3-6,18-19H,1-2H2,(H2,14,15,16)/t4-,5+,6+/m0/s1. The summed E-state index contributed by atoms with van der Waals surface area (Å²) in [4.78, 5) is 8.13. The molecule has 0 unspecified atom stereocenters. The average molecular weight is 411 g/mol. The topological polar surface area (TPSA) is 106 Å². The number of halogens is 2. The quantitative estimate of drug-likeness (QED) is 0.636. The van der Waals surface area contributed by atoms with Crippen molar-refractivity contribution in [3.8, 4) is 0 Å². The van der Waals surface area contributed by atoms with E-state index in [0.717, 1.165) is 0 Å². The zero-order valence-corrected chi connectivity index (χ0v) is 13.1. The van der Waals surface area contributed by atoms with Crippen molar-refractivity contribution in [2.24, 2.45) is 0 Å². The Morgan fingerprint density at radius 3 is 2.95 bits per heavy atom. The van der Waals surface area contributed by atoms with Crippen molar-refractivity contribution in [1.82, 2.24) is 14.5 Å². The Hall–Kier alpha value is -0.680. The maximum Gasteiger partial charge on any atom is 0.150 e. The number of hydrogen-bond donors (Lipinski definition) is 3. The van der Waals surface area contributed by atoms with Gasteiger partial charge in [0.25, 0.3) is 0 Å². The maximum absolute atomic E-state index is 9.85. The van der Waals surface area contributed by atoms with Crippen molar-refractivity contribution in [2.45, 2.75) is 24.9 Å². The van der Waals surface area contributed by atoms with E-state index in [9.17, 15) is 5.11 Å². The lowest BCUT2D eigenvalue weighted by molar-refractivity contribution is -0.0437. The van der Waals surface area contributed by atoms with Crippen LogP contribution in [-0.2, 0) is 4.74 Å². The molecule has 0 spiro atoms. The first kappa shape index (κ1) is 14.3. The van der Waals surface area contributed by atoms with E-state index in [0.29, 0.717) is 32.0 Å². The third-order valence-electron chi connectivity index (χ3n) is 3.37. The summed E-state index contributed by atoms with van der Waals surface area (Å²) in [5.74, 6) is 0.300. The van der Waals surface area contributed by atoms with Gasteiger partial charge in [-0.05, 0) is 22.6 Å². The van der Waals surface area contributed by atoms with Gasteiger partial charge in [0.15, 0.2) is 0 Å². The van der Waals surface area contributed by atoms with E-state index in [1.807, 2.05) is 0 Å². The summed E-state index contributed by atoms with van der Waals surface area (Å²) in [6, 6.07) is 0. The molecule has 0 bridgehead atoms. The van der Waals surface area contributed by atoms with Gasteiger partial charge in [-0.15, -0.1) is 0 Å². The van der Waals surface area contributed by atoms with E-state index in [-0.39, 0.29) is 6.61 Å². The molecule has 2 aromatic rings. The molecule has 0 aromatic carbocycles. The highest BCUT2D eigenvalue weighted by molar-refractivity contribution is 14.1. The number of ether oxygens (including phenoxy) is 1. The minimum Gasteiger partial charge on any atom is -0.394 e. The van der Waals surface area contributed by atoms with Crippen molar-refractivity contribution in [3.63, 3.8) is 0 Å². The fraction of sp³-hybridized carbons (Fsp3) is 0.455. The predicted molar refractivity (Wildman–Crippen MR) is 81.3 cm³/mol. The summed E-state index contributed by atoms with van der Waals surface area (Å²) in [6.45, 7) is -0.238. The molecule has 20 heavy (non-hydrogen) atoms. The summed E-state index contributed by atoms with van der Waals surface area (Å²) in [7, 11) is 0. The van der Waals surface area contributed by atoms with Crippen LogP contribution >= 0.6 is 34.2 Å². The van der Waals surface area contributed by atoms with E-state index in [1.165, 1.54) is 6.33 Å². The highest BCUT2D eigenvalue weighted by Crippen LogP contribution is 2.39. The smallest absolute Gasteiger partial charge is 0.150 e. The van der Waals surface area contributed by atoms with E-state index in [2.05, 4.69) is 32.6 Å². The molecule has 2 aromatic heterocycles. The lowest BCUT2D eigenvalue weighted by Crippen LogP contribution is -2.24. The third kappa shape index (κ3) is 2.06. The highest BCUT2D eigenvalue weighted by atomic mass is 127. The van der Waals surface area contributed by atoms with Gasteiger partial charge in [0, 0.05) is 6.42 Å². The highest BCUT2D eigenvalue weighted by Gasteiger charge is 2.36. The molecule has 4 N–H and O–H groups in total. The summed E-state index contributed by atoms with van der Waals surface area (Å²) >= 11 is 8.36. The van der Waals surface area contributed by atoms with Crippen LogP contribution in [0.15, 0.2) is 6.33 Å². The largest absolute Gasteiger partial charge is 0.394 e. The van der Waals surface area contributed by atoms with Crippen LogP contribution in [-0.4, -0.2) is 43.6 Å². The van der Waals surface area contributed by atoms with E-state index in [1.54, 1.807) is 4.57 Å². The fourth-order valence-electron chi connectivity index (χ4n) is 2.38. The molecule has 0 radical (unpaired) electrons. The molecule has 1 saturated heterocycles. The van der Waals surface area contributed by atoms with Crippen molar-refractivity contribution in [1.29, 1.82) is 0 Å². The Labute approximate surface area is 132 Å². The second-order valence-electron chi connectivity index (χ2n) is 4.55. The van der Waals surface area contributed by atoms with Crippen LogP contribution in [0.3, 0.4) is 0 Å². The fourth-order valence-corrected chi connectivity index (χ4v) is 3.47. The first-order valence-corrected chi connectivity index (χ1v) is 7.40. The Morgan fingerprint density at radius 1 is 1.55 bits per heavy atom. The first-order chi connectivity index (χ1) is 9.54. The lowest BCUT2D eigenvalue weighted by Gasteiger charge is -2.15. The van der Waals surface area contributed by atoms with Gasteiger partial charge in [0.05, 0.1) is 23.1 Å². The Balaban J connectivity index is 2.13. The molecule has 1 aliphatic heterocycles. The van der Waals surface area contributed by atoms with Gasteiger partial charge in [-0.3, -0.25) is 4.57 Å². The summed E-state index contributed by atoms with van der Waals surface area (Å²) < 4.78 is 8.13. The molecular formula is C11H12ClIN4O3. The van der Waals surface area contributed by atoms with Crippen LogP contribution in [0.25, 0.3) is 11.0 Å². The number of aromatic nitrogens is 3. The SMILES string of the molecule is Nc1ncnc2c1c(Cl)c(I)n2[C@H]1C[C@H](O)[C@@H](CO)O1. The minimum atomic E-state index is -0.726. The molecule has 3 heterocycles. The van der Waals surface area contributed by atoms with Gasteiger partial charge in [0.1, 0.15) is 33.8 Å². The molecular weight excluding hydrogens is 399 g/mol.